The predicted octanol–water partition coefficient (Wildman–Crippen LogP) is 1.01. The van der Waals surface area contributed by atoms with Crippen LogP contribution >= 0.6 is 0 Å². The average Bonchev–Trinajstić information content (AvgIpc) is 3.50. The number of carboxylic acid groups (broad SMARTS) is 1. The second kappa shape index (κ2) is 17.1. The van der Waals surface area contributed by atoms with Crippen molar-refractivity contribution in [2.24, 2.45) is 5.92 Å². The van der Waals surface area contributed by atoms with E-state index in [1.807, 2.05) is 0 Å². The maximum atomic E-state index is 13.6. The van der Waals surface area contributed by atoms with Gasteiger partial charge in [0.1, 0.15) is 24.2 Å². The summed E-state index contributed by atoms with van der Waals surface area (Å²) in [5.41, 5.74) is 0. The van der Waals surface area contributed by atoms with Crippen LogP contribution in [0.5, 0.6) is 0 Å². The van der Waals surface area contributed by atoms with Gasteiger partial charge in [-0.25, -0.2) is 0 Å². The van der Waals surface area contributed by atoms with Gasteiger partial charge in [-0.3, -0.25) is 38.9 Å². The Hall–Kier alpha value is -3.78. The van der Waals surface area contributed by atoms with Gasteiger partial charge >= 0.3 is 5.97 Å². The standard InChI is InChI=1S/C30H48N6O9/c1-18(31-25(37)14-15-26(38)39)27(40)32-19(2)30(43)35-16-6-9-24(35)29(42)34-23(17-20-7-4-3-5-8-20)28(41)33-21-10-12-22(13-11-21)36(44)45/h18-24H,3-17H2,1-2H3,(H,31,37)(H,32,40)(H,33,41)(H,34,42)(H,38,39). The van der Waals surface area contributed by atoms with Crippen LogP contribution in [-0.2, 0) is 28.8 Å². The Morgan fingerprint density at radius 3 is 2.11 bits per heavy atom. The zero-order valence-corrected chi connectivity index (χ0v) is 26.3. The summed E-state index contributed by atoms with van der Waals surface area (Å²) in [5, 5.41) is 30.7. The summed E-state index contributed by atoms with van der Waals surface area (Å²) in [5.74, 6) is -3.31. The van der Waals surface area contributed by atoms with E-state index < -0.39 is 59.8 Å². The summed E-state index contributed by atoms with van der Waals surface area (Å²) >= 11 is 0. The Bertz CT molecular complexity index is 1100. The molecule has 0 aromatic rings. The lowest BCUT2D eigenvalue weighted by Crippen LogP contribution is -2.57. The second-order valence-corrected chi connectivity index (χ2v) is 12.7. The van der Waals surface area contributed by atoms with Crippen molar-refractivity contribution >= 4 is 35.5 Å². The van der Waals surface area contributed by atoms with Crippen molar-refractivity contribution in [3.05, 3.63) is 10.1 Å². The van der Waals surface area contributed by atoms with Crippen LogP contribution < -0.4 is 21.3 Å². The van der Waals surface area contributed by atoms with Gasteiger partial charge in [-0.1, -0.05) is 32.1 Å². The highest BCUT2D eigenvalue weighted by atomic mass is 16.6. The van der Waals surface area contributed by atoms with Gasteiger partial charge in [0.15, 0.2) is 0 Å². The van der Waals surface area contributed by atoms with Gasteiger partial charge in [0.05, 0.1) is 6.42 Å². The van der Waals surface area contributed by atoms with E-state index in [4.69, 9.17) is 5.11 Å². The van der Waals surface area contributed by atoms with E-state index in [1.54, 1.807) is 0 Å². The van der Waals surface area contributed by atoms with Gasteiger partial charge in [-0.15, -0.1) is 0 Å². The lowest BCUT2D eigenvalue weighted by molar-refractivity contribution is -0.526. The minimum Gasteiger partial charge on any atom is -0.481 e. The number of hydrogen-bond donors (Lipinski definition) is 5. The highest BCUT2D eigenvalue weighted by Crippen LogP contribution is 2.28. The summed E-state index contributed by atoms with van der Waals surface area (Å²) in [6.45, 7) is 3.21. The van der Waals surface area contributed by atoms with E-state index in [2.05, 4.69) is 21.3 Å². The van der Waals surface area contributed by atoms with E-state index in [1.165, 1.54) is 18.7 Å². The third-order valence-electron chi connectivity index (χ3n) is 9.17. The first-order valence-electron chi connectivity index (χ1n) is 16.2. The third-order valence-corrected chi connectivity index (χ3v) is 9.17. The number of likely N-dealkylation sites (tertiary alicyclic amines) is 1. The van der Waals surface area contributed by atoms with Crippen molar-refractivity contribution in [1.82, 2.24) is 26.2 Å². The van der Waals surface area contributed by atoms with Crippen LogP contribution in [0.25, 0.3) is 0 Å². The molecule has 15 heteroatoms. The zero-order chi connectivity index (χ0) is 33.1. The quantitative estimate of drug-likeness (QED) is 0.136. The molecule has 0 spiro atoms. The molecule has 2 aliphatic carbocycles. The molecule has 1 heterocycles. The number of nitrogens with one attached hydrogen (secondary N) is 4. The highest BCUT2D eigenvalue weighted by Gasteiger charge is 2.39. The van der Waals surface area contributed by atoms with Crippen LogP contribution in [0.3, 0.4) is 0 Å². The van der Waals surface area contributed by atoms with Gasteiger partial charge in [0, 0.05) is 36.8 Å². The summed E-state index contributed by atoms with van der Waals surface area (Å²) in [6.07, 6.45) is 7.79. The van der Waals surface area contributed by atoms with E-state index in [0.717, 1.165) is 32.1 Å². The first kappa shape index (κ1) is 35.7. The number of nitro groups is 1. The van der Waals surface area contributed by atoms with Crippen molar-refractivity contribution in [3.8, 4) is 0 Å². The molecule has 0 radical (unpaired) electrons. The molecule has 0 bridgehead atoms. The summed E-state index contributed by atoms with van der Waals surface area (Å²) < 4.78 is 0. The summed E-state index contributed by atoms with van der Waals surface area (Å²) in [7, 11) is 0. The van der Waals surface area contributed by atoms with Crippen LogP contribution in [-0.4, -0.2) is 93.2 Å². The number of amides is 5. The maximum absolute atomic E-state index is 13.6. The molecule has 1 aliphatic heterocycles. The lowest BCUT2D eigenvalue weighted by atomic mass is 9.84. The average molecular weight is 637 g/mol. The predicted molar refractivity (Wildman–Crippen MR) is 161 cm³/mol. The van der Waals surface area contributed by atoms with Crippen molar-refractivity contribution in [3.63, 3.8) is 0 Å². The molecule has 45 heavy (non-hydrogen) atoms. The van der Waals surface area contributed by atoms with Gasteiger partial charge in [0.2, 0.25) is 35.6 Å². The number of rotatable bonds is 14. The van der Waals surface area contributed by atoms with Crippen molar-refractivity contribution in [1.29, 1.82) is 0 Å². The fourth-order valence-electron chi connectivity index (χ4n) is 6.54. The smallest absolute Gasteiger partial charge is 0.303 e. The number of aliphatic carboxylic acids is 1. The van der Waals surface area contributed by atoms with Gasteiger partial charge in [0.25, 0.3) is 0 Å². The Balaban J connectivity index is 1.59. The second-order valence-electron chi connectivity index (χ2n) is 12.7. The molecule has 5 amide bonds. The van der Waals surface area contributed by atoms with E-state index in [9.17, 15) is 38.9 Å². The maximum Gasteiger partial charge on any atom is 0.303 e. The minimum atomic E-state index is -1.14. The molecule has 3 rings (SSSR count). The van der Waals surface area contributed by atoms with E-state index in [0.29, 0.717) is 51.5 Å². The van der Waals surface area contributed by atoms with Crippen molar-refractivity contribution < 1.29 is 38.8 Å². The molecule has 3 fully saturated rings. The van der Waals surface area contributed by atoms with Crippen LogP contribution in [0.4, 0.5) is 0 Å². The Kier molecular flexibility index (Phi) is 13.5. The molecule has 0 aromatic carbocycles. The third kappa shape index (κ3) is 11.0. The number of carbonyl (C=O) groups excluding carboxylic acids is 5. The van der Waals surface area contributed by atoms with Crippen molar-refractivity contribution in [2.75, 3.05) is 6.54 Å². The van der Waals surface area contributed by atoms with Crippen LogP contribution in [0.15, 0.2) is 0 Å². The Morgan fingerprint density at radius 1 is 0.822 bits per heavy atom. The fourth-order valence-corrected chi connectivity index (χ4v) is 6.54. The molecular weight excluding hydrogens is 588 g/mol. The number of hydrogen-bond acceptors (Lipinski definition) is 8. The zero-order valence-electron chi connectivity index (χ0n) is 26.3. The minimum absolute atomic E-state index is 0.196. The van der Waals surface area contributed by atoms with Crippen LogP contribution in [0, 0.1) is 16.0 Å². The SMILES string of the molecule is CC(NC(=O)CCC(=O)O)C(=O)NC(C)C(=O)N1CCCC1C(=O)NC(CC1CCCCC1)C(=O)NC1CCC([N+](=O)[O-])CC1. The number of carbonyl (C=O) groups is 6. The summed E-state index contributed by atoms with van der Waals surface area (Å²) in [4.78, 5) is 87.8. The van der Waals surface area contributed by atoms with Crippen LogP contribution in [0.2, 0.25) is 0 Å². The molecule has 2 saturated carbocycles. The Morgan fingerprint density at radius 2 is 1.49 bits per heavy atom. The van der Waals surface area contributed by atoms with Crippen molar-refractivity contribution in [2.45, 2.75) is 140 Å². The molecule has 3 aliphatic rings. The van der Waals surface area contributed by atoms with E-state index >= 15 is 0 Å². The molecule has 15 nitrogen and oxygen atoms in total. The highest BCUT2D eigenvalue weighted by molar-refractivity contribution is 5.95. The molecule has 4 atom stereocenters. The van der Waals surface area contributed by atoms with Crippen LogP contribution in [0.1, 0.15) is 104 Å². The normalized spacial score (nSPS) is 24.0. The molecular formula is C30H48N6O9. The first-order valence-corrected chi connectivity index (χ1v) is 16.2. The molecule has 5 N–H and O–H groups in total. The fraction of sp³-hybridized carbons (Fsp3) is 0.800. The number of carboxylic acids is 1. The topological polar surface area (TPSA) is 217 Å². The largest absolute Gasteiger partial charge is 0.481 e. The summed E-state index contributed by atoms with van der Waals surface area (Å²) in [6, 6.07) is -4.42. The monoisotopic (exact) mass is 636 g/mol. The first-order chi connectivity index (χ1) is 21.3. The number of nitrogens with zero attached hydrogens (tertiary/aromatic N) is 2. The Labute approximate surface area is 263 Å². The van der Waals surface area contributed by atoms with Gasteiger partial charge < -0.3 is 31.3 Å². The molecule has 1 saturated heterocycles. The van der Waals surface area contributed by atoms with Gasteiger partial charge in [-0.2, -0.15) is 0 Å². The molecule has 252 valence electrons. The lowest BCUT2D eigenvalue weighted by Gasteiger charge is -2.32. The van der Waals surface area contributed by atoms with E-state index in [-0.39, 0.29) is 35.6 Å². The molecule has 4 unspecified atom stereocenters. The van der Waals surface area contributed by atoms with Gasteiger partial charge in [-0.05, 0) is 51.9 Å². The molecule has 0 aromatic heterocycles.